The van der Waals surface area contributed by atoms with Crippen molar-refractivity contribution in [3.63, 3.8) is 0 Å². The number of likely N-dealkylation sites (N-methyl/N-ethyl adjacent to an activating group) is 1. The van der Waals surface area contributed by atoms with Crippen molar-refractivity contribution in [2.45, 2.75) is 51.6 Å². The summed E-state index contributed by atoms with van der Waals surface area (Å²) in [4.78, 5) is 30.5. The third-order valence-corrected chi connectivity index (χ3v) is 5.28. The van der Waals surface area contributed by atoms with Gasteiger partial charge < -0.3 is 10.4 Å². The van der Waals surface area contributed by atoms with Crippen LogP contribution in [0.4, 0.5) is 0 Å². The molecule has 0 atom stereocenters. The predicted molar refractivity (Wildman–Crippen MR) is 105 cm³/mol. The second kappa shape index (κ2) is 8.05. The number of carbonyl (C=O) groups is 2. The van der Waals surface area contributed by atoms with Crippen molar-refractivity contribution >= 4 is 22.8 Å². The highest BCUT2D eigenvalue weighted by Crippen LogP contribution is 2.27. The van der Waals surface area contributed by atoms with Crippen LogP contribution in [0.25, 0.3) is 10.9 Å². The van der Waals surface area contributed by atoms with Crippen molar-refractivity contribution in [1.82, 2.24) is 15.2 Å². The molecule has 6 nitrogen and oxygen atoms in total. The van der Waals surface area contributed by atoms with Gasteiger partial charge in [-0.3, -0.25) is 19.5 Å². The van der Waals surface area contributed by atoms with E-state index in [1.165, 1.54) is 0 Å². The van der Waals surface area contributed by atoms with Crippen molar-refractivity contribution < 1.29 is 14.7 Å². The quantitative estimate of drug-likeness (QED) is 0.784. The lowest BCUT2D eigenvalue weighted by atomic mass is 9.85. The summed E-state index contributed by atoms with van der Waals surface area (Å²) in [6.07, 6.45) is 1.57. The number of hydrogen-bond acceptors (Lipinski definition) is 4. The number of pyridine rings is 1. The Morgan fingerprint density at radius 1 is 1.30 bits per heavy atom. The van der Waals surface area contributed by atoms with Gasteiger partial charge in [-0.1, -0.05) is 39.0 Å². The van der Waals surface area contributed by atoms with Crippen LogP contribution >= 0.6 is 0 Å². The predicted octanol–water partition coefficient (Wildman–Crippen LogP) is 3.03. The van der Waals surface area contributed by atoms with Crippen molar-refractivity contribution in [3.05, 3.63) is 41.6 Å². The molecule has 0 bridgehead atoms. The molecule has 1 saturated carbocycles. The van der Waals surface area contributed by atoms with E-state index in [9.17, 15) is 9.59 Å². The van der Waals surface area contributed by atoms with Gasteiger partial charge in [0.25, 0.3) is 5.91 Å². The minimum Gasteiger partial charge on any atom is -0.480 e. The Kier molecular flexibility index (Phi) is 5.75. The average Bonchev–Trinajstić information content (AvgIpc) is 2.61. The van der Waals surface area contributed by atoms with Crippen molar-refractivity contribution in [3.8, 4) is 0 Å². The molecule has 2 aromatic rings. The van der Waals surface area contributed by atoms with Crippen LogP contribution in [0.2, 0.25) is 0 Å². The third kappa shape index (κ3) is 4.27. The molecule has 144 valence electrons. The molecule has 6 heteroatoms. The molecule has 27 heavy (non-hydrogen) atoms. The van der Waals surface area contributed by atoms with Crippen LogP contribution in [0, 0.1) is 0 Å². The highest BCUT2D eigenvalue weighted by Gasteiger charge is 2.35. The standard InChI is InChI=1S/C21H27N3O3/c1-4-24(12-20(25)26)15-9-14(10-15)22-21(27)17-11-19(13(2)3)23-18-8-6-5-7-16(17)18/h5-8,11,13-15H,4,9-10,12H2,1-3H3,(H,22,27)(H,25,26). The molecule has 1 fully saturated rings. The topological polar surface area (TPSA) is 82.5 Å². The van der Waals surface area contributed by atoms with Crippen molar-refractivity contribution in [2.24, 2.45) is 0 Å². The monoisotopic (exact) mass is 369 g/mol. The molecule has 1 aromatic carbocycles. The molecule has 1 heterocycles. The van der Waals surface area contributed by atoms with Gasteiger partial charge in [-0.25, -0.2) is 0 Å². The molecule has 1 aliphatic rings. The number of fused-ring (bicyclic) bond motifs is 1. The maximum Gasteiger partial charge on any atom is 0.317 e. The molecule has 0 spiro atoms. The second-order valence-corrected chi connectivity index (χ2v) is 7.52. The first-order valence-corrected chi connectivity index (χ1v) is 9.55. The Balaban J connectivity index is 1.71. The van der Waals surface area contributed by atoms with Gasteiger partial charge in [-0.2, -0.15) is 0 Å². The molecule has 2 N–H and O–H groups in total. The fourth-order valence-electron chi connectivity index (χ4n) is 3.62. The number of nitrogens with zero attached hydrogens (tertiary/aromatic N) is 2. The van der Waals surface area contributed by atoms with Crippen LogP contribution in [0.3, 0.4) is 0 Å². The van der Waals surface area contributed by atoms with Gasteiger partial charge in [0, 0.05) is 23.2 Å². The number of carboxylic acids is 1. The highest BCUT2D eigenvalue weighted by molar-refractivity contribution is 6.06. The fraction of sp³-hybridized carbons (Fsp3) is 0.476. The SMILES string of the molecule is CCN(CC(=O)O)C1CC(NC(=O)c2cc(C(C)C)nc3ccccc23)C1. The van der Waals surface area contributed by atoms with E-state index in [1.807, 2.05) is 42.2 Å². The first-order valence-electron chi connectivity index (χ1n) is 9.55. The Morgan fingerprint density at radius 3 is 2.63 bits per heavy atom. The van der Waals surface area contributed by atoms with E-state index in [-0.39, 0.29) is 30.5 Å². The Bertz CT molecular complexity index is 844. The summed E-state index contributed by atoms with van der Waals surface area (Å²) >= 11 is 0. The molecule has 1 aromatic heterocycles. The summed E-state index contributed by atoms with van der Waals surface area (Å²) in [5, 5.41) is 13.0. The van der Waals surface area contributed by atoms with Crippen LogP contribution in [0.1, 0.15) is 55.6 Å². The minimum atomic E-state index is -0.811. The van der Waals surface area contributed by atoms with Crippen LogP contribution < -0.4 is 5.32 Å². The number of carbonyl (C=O) groups excluding carboxylic acids is 1. The lowest BCUT2D eigenvalue weighted by Gasteiger charge is -2.42. The van der Waals surface area contributed by atoms with Gasteiger partial charge in [0.15, 0.2) is 0 Å². The number of aromatic nitrogens is 1. The smallest absolute Gasteiger partial charge is 0.317 e. The van der Waals surface area contributed by atoms with Crippen LogP contribution in [0.15, 0.2) is 30.3 Å². The molecular formula is C21H27N3O3. The van der Waals surface area contributed by atoms with E-state index >= 15 is 0 Å². The number of hydrogen-bond donors (Lipinski definition) is 2. The maximum absolute atomic E-state index is 12.9. The van der Waals surface area contributed by atoms with E-state index in [2.05, 4.69) is 24.1 Å². The number of rotatable bonds is 7. The summed E-state index contributed by atoms with van der Waals surface area (Å²) in [7, 11) is 0. The van der Waals surface area contributed by atoms with Gasteiger partial charge in [-0.05, 0) is 37.4 Å². The second-order valence-electron chi connectivity index (χ2n) is 7.52. The number of carboxylic acid groups (broad SMARTS) is 1. The van der Waals surface area contributed by atoms with Gasteiger partial charge in [0.2, 0.25) is 0 Å². The Morgan fingerprint density at radius 2 is 2.00 bits per heavy atom. The van der Waals surface area contributed by atoms with E-state index in [4.69, 9.17) is 5.11 Å². The molecule has 1 aliphatic carbocycles. The number of benzene rings is 1. The molecule has 0 radical (unpaired) electrons. The summed E-state index contributed by atoms with van der Waals surface area (Å²) in [6, 6.07) is 9.90. The summed E-state index contributed by atoms with van der Waals surface area (Å²) < 4.78 is 0. The number of aliphatic carboxylic acids is 1. The van der Waals surface area contributed by atoms with Gasteiger partial charge in [0.1, 0.15) is 0 Å². The molecule has 3 rings (SSSR count). The van der Waals surface area contributed by atoms with E-state index < -0.39 is 5.97 Å². The zero-order chi connectivity index (χ0) is 19.6. The average molecular weight is 369 g/mol. The Labute approximate surface area is 159 Å². The van der Waals surface area contributed by atoms with Gasteiger partial charge in [-0.15, -0.1) is 0 Å². The van der Waals surface area contributed by atoms with E-state index in [0.29, 0.717) is 12.1 Å². The zero-order valence-electron chi connectivity index (χ0n) is 16.1. The summed E-state index contributed by atoms with van der Waals surface area (Å²) in [5.74, 6) is -0.655. The first-order chi connectivity index (χ1) is 12.9. The van der Waals surface area contributed by atoms with Crippen LogP contribution in [0.5, 0.6) is 0 Å². The van der Waals surface area contributed by atoms with E-state index in [1.54, 1.807) is 0 Å². The largest absolute Gasteiger partial charge is 0.480 e. The van der Waals surface area contributed by atoms with Gasteiger partial charge >= 0.3 is 5.97 Å². The maximum atomic E-state index is 12.9. The lowest BCUT2D eigenvalue weighted by molar-refractivity contribution is -0.139. The number of nitrogens with one attached hydrogen (secondary N) is 1. The van der Waals surface area contributed by atoms with Crippen molar-refractivity contribution in [1.29, 1.82) is 0 Å². The molecule has 0 unspecified atom stereocenters. The highest BCUT2D eigenvalue weighted by atomic mass is 16.4. The fourth-order valence-corrected chi connectivity index (χ4v) is 3.62. The minimum absolute atomic E-state index is 0.0502. The van der Waals surface area contributed by atoms with E-state index in [0.717, 1.165) is 29.4 Å². The molecule has 0 aliphatic heterocycles. The normalized spacial score (nSPS) is 19.3. The van der Waals surface area contributed by atoms with Crippen LogP contribution in [-0.2, 0) is 4.79 Å². The third-order valence-electron chi connectivity index (χ3n) is 5.28. The first kappa shape index (κ1) is 19.3. The van der Waals surface area contributed by atoms with Gasteiger partial charge in [0.05, 0.1) is 17.6 Å². The number of amides is 1. The number of para-hydroxylation sites is 1. The Hall–Kier alpha value is -2.47. The molecular weight excluding hydrogens is 342 g/mol. The van der Waals surface area contributed by atoms with Crippen LogP contribution in [-0.4, -0.2) is 52.0 Å². The zero-order valence-corrected chi connectivity index (χ0v) is 16.1. The summed E-state index contributed by atoms with van der Waals surface area (Å²) in [6.45, 7) is 6.85. The molecule has 0 saturated heterocycles. The van der Waals surface area contributed by atoms with Crippen molar-refractivity contribution in [2.75, 3.05) is 13.1 Å². The summed E-state index contributed by atoms with van der Waals surface area (Å²) in [5.41, 5.74) is 2.40. The lowest BCUT2D eigenvalue weighted by Crippen LogP contribution is -2.54. The molecule has 1 amide bonds.